The number of halogens is 2. The van der Waals surface area contributed by atoms with E-state index >= 15 is 0 Å². The first kappa shape index (κ1) is 6.54. The van der Waals surface area contributed by atoms with Crippen molar-refractivity contribution in [2.24, 2.45) is 0 Å². The molecule has 4 heteroatoms. The Bertz CT molecular complexity index is 336. The lowest BCUT2D eigenvalue weighted by molar-refractivity contribution is 0.592. The molecule has 0 spiro atoms. The third kappa shape index (κ3) is 2.23. The van der Waals surface area contributed by atoms with E-state index in [1.54, 1.807) is 18.2 Å². The van der Waals surface area contributed by atoms with Crippen LogP contribution in [0, 0.1) is 0 Å². The van der Waals surface area contributed by atoms with Crippen LogP contribution in [0.1, 0.15) is 2.74 Å². The minimum atomic E-state index is -3.66. The van der Waals surface area contributed by atoms with Gasteiger partial charge in [0.2, 0.25) is 6.49 Å². The summed E-state index contributed by atoms with van der Waals surface area (Å²) in [6.45, 7) is -3.66. The summed E-state index contributed by atoms with van der Waals surface area (Å²) >= 11 is 10.9. The molecule has 0 bridgehead atoms. The molecule has 1 unspecified atom stereocenters. The largest absolute Gasteiger partial charge is 0.300 e. The Balaban J connectivity index is 3.17. The second-order valence-corrected chi connectivity index (χ2v) is 5.64. The minimum absolute atomic E-state index is 0.233. The molecule has 1 nitrogen and oxygen atoms in total. The lowest BCUT2D eigenvalue weighted by Gasteiger charge is -2.04. The highest BCUT2D eigenvalue weighted by Gasteiger charge is 2.18. The van der Waals surface area contributed by atoms with Gasteiger partial charge in [0.15, 0.2) is 0 Å². The van der Waals surface area contributed by atoms with E-state index in [0.29, 0.717) is 0 Å². The van der Waals surface area contributed by atoms with Gasteiger partial charge in [-0.3, -0.25) is 0 Å². The molecule has 0 fully saturated rings. The number of alkyl halides is 1. The maximum Gasteiger partial charge on any atom is 0.211 e. The highest BCUT2D eigenvalue weighted by molar-refractivity contribution is 7.95. The highest BCUT2D eigenvalue weighted by atomic mass is 35.7. The number of hydrogen-bond donors (Lipinski definition) is 0. The summed E-state index contributed by atoms with van der Waals surface area (Å²) in [4.78, 5) is 0. The summed E-state index contributed by atoms with van der Waals surface area (Å²) in [7, 11) is 0. The predicted molar refractivity (Wildman–Crippen MR) is 50.3 cm³/mol. The van der Waals surface area contributed by atoms with Crippen molar-refractivity contribution in [3.63, 3.8) is 0 Å². The summed E-state index contributed by atoms with van der Waals surface area (Å²) in [6, 6.07) is 7.98. The zero-order valence-electron chi connectivity index (χ0n) is 7.50. The van der Waals surface area contributed by atoms with Crippen molar-refractivity contribution in [2.45, 2.75) is 0 Å². The average molecular weight is 211 g/mol. The first-order valence-electron chi connectivity index (χ1n) is 3.90. The molecular formula is C7H7Cl2OP. The fourth-order valence-corrected chi connectivity index (χ4v) is 1.95. The Morgan fingerprint density at radius 1 is 1.45 bits per heavy atom. The topological polar surface area (TPSA) is 17.1 Å². The molecule has 11 heavy (non-hydrogen) atoms. The van der Waals surface area contributed by atoms with E-state index in [0.717, 1.165) is 0 Å². The zero-order valence-corrected chi connectivity index (χ0v) is 7.90. The Labute approximate surface area is 78.3 Å². The maximum atomic E-state index is 11.7. The molecular weight excluding hydrogens is 202 g/mol. The fourth-order valence-electron chi connectivity index (χ4n) is 0.669. The van der Waals surface area contributed by atoms with Gasteiger partial charge in [0.25, 0.3) is 0 Å². The molecule has 0 aliphatic rings. The fraction of sp³-hybridized carbons (Fsp3) is 0.143. The molecule has 0 heterocycles. The second-order valence-electron chi connectivity index (χ2n) is 1.95. The summed E-state index contributed by atoms with van der Waals surface area (Å²) in [6.07, 6.45) is 0. The monoisotopic (exact) mass is 210 g/mol. The minimum Gasteiger partial charge on any atom is -0.300 e. The first-order valence-corrected chi connectivity index (χ1v) is 5.89. The quantitative estimate of drug-likeness (QED) is 0.542. The molecule has 0 saturated carbocycles. The second kappa shape index (κ2) is 3.62. The van der Waals surface area contributed by atoms with Crippen LogP contribution in [0.3, 0.4) is 0 Å². The Morgan fingerprint density at radius 2 is 2.00 bits per heavy atom. The van der Waals surface area contributed by atoms with E-state index < -0.39 is 12.1 Å². The van der Waals surface area contributed by atoms with Gasteiger partial charge in [0.05, 0.1) is 8.31 Å². The molecule has 0 radical (unpaired) electrons. The van der Waals surface area contributed by atoms with Crippen LogP contribution in [-0.4, -0.2) is 5.57 Å². The van der Waals surface area contributed by atoms with Crippen LogP contribution in [0.15, 0.2) is 30.3 Å². The summed E-state index contributed by atoms with van der Waals surface area (Å²) in [5.41, 5.74) is -2.41. The predicted octanol–water partition coefficient (Wildman–Crippen LogP) is 3.03. The molecule has 0 aliphatic carbocycles. The van der Waals surface area contributed by atoms with Crippen LogP contribution in [0.25, 0.3) is 0 Å². The smallest absolute Gasteiger partial charge is 0.211 e. The maximum absolute atomic E-state index is 11.7. The Morgan fingerprint density at radius 3 is 2.45 bits per heavy atom. The van der Waals surface area contributed by atoms with Crippen LogP contribution in [-0.2, 0) is 4.57 Å². The van der Waals surface area contributed by atoms with Crippen LogP contribution in [0.5, 0.6) is 0 Å². The van der Waals surface area contributed by atoms with Gasteiger partial charge in [0.1, 0.15) is 0 Å². The normalized spacial score (nSPS) is 19.8. The van der Waals surface area contributed by atoms with Gasteiger partial charge < -0.3 is 4.57 Å². The van der Waals surface area contributed by atoms with E-state index in [1.807, 2.05) is 0 Å². The van der Waals surface area contributed by atoms with Crippen molar-refractivity contribution < 1.29 is 7.31 Å². The molecule has 60 valence electrons. The zero-order chi connectivity index (χ0) is 10.1. The van der Waals surface area contributed by atoms with Crippen LogP contribution in [0.4, 0.5) is 0 Å². The van der Waals surface area contributed by atoms with Gasteiger partial charge in [-0.2, -0.15) is 0 Å². The third-order valence-electron chi connectivity index (χ3n) is 1.20. The van der Waals surface area contributed by atoms with Crippen molar-refractivity contribution in [3.8, 4) is 0 Å². The molecule has 1 aromatic rings. The lowest BCUT2D eigenvalue weighted by Crippen LogP contribution is -1.99. The van der Waals surface area contributed by atoms with Gasteiger partial charge >= 0.3 is 0 Å². The van der Waals surface area contributed by atoms with Gasteiger partial charge in [-0.05, 0) is 11.2 Å². The number of benzene rings is 1. The molecule has 0 aliphatic heterocycles. The van der Waals surface area contributed by atoms with Crippen molar-refractivity contribution in [1.29, 1.82) is 0 Å². The van der Waals surface area contributed by atoms with Crippen molar-refractivity contribution in [3.05, 3.63) is 30.3 Å². The average Bonchev–Trinajstić information content (AvgIpc) is 2.04. The number of rotatable bonds is 2. The van der Waals surface area contributed by atoms with Crippen molar-refractivity contribution in [2.75, 3.05) is 5.57 Å². The van der Waals surface area contributed by atoms with Crippen LogP contribution >= 0.6 is 29.3 Å². The molecule has 0 aromatic heterocycles. The molecule has 1 aromatic carbocycles. The third-order valence-corrected chi connectivity index (χ3v) is 4.19. The molecule has 0 amide bonds. The van der Waals surface area contributed by atoms with Gasteiger partial charge in [-0.1, -0.05) is 30.3 Å². The summed E-state index contributed by atoms with van der Waals surface area (Å²) in [5, 5.41) is 0.233. The summed E-state index contributed by atoms with van der Waals surface area (Å²) < 4.78 is 25.9. The molecule has 0 N–H and O–H groups in total. The van der Waals surface area contributed by atoms with E-state index in [4.69, 9.17) is 25.6 Å². The SMILES string of the molecule is [2H]C([2H])(Cl)P(=O)(Cl)c1ccccc1. The summed E-state index contributed by atoms with van der Waals surface area (Å²) in [5.74, 6) is 0. The van der Waals surface area contributed by atoms with Crippen LogP contribution in [0.2, 0.25) is 0 Å². The Hall–Kier alpha value is 0.0300. The van der Waals surface area contributed by atoms with Crippen LogP contribution < -0.4 is 5.30 Å². The van der Waals surface area contributed by atoms with Gasteiger partial charge in [-0.15, -0.1) is 11.6 Å². The molecule has 1 rings (SSSR count). The van der Waals surface area contributed by atoms with E-state index in [2.05, 4.69) is 0 Å². The van der Waals surface area contributed by atoms with Gasteiger partial charge in [0, 0.05) is 5.30 Å². The first-order chi connectivity index (χ1) is 5.86. The highest BCUT2D eigenvalue weighted by Crippen LogP contribution is 2.50. The lowest BCUT2D eigenvalue weighted by atomic mass is 10.4. The van der Waals surface area contributed by atoms with E-state index in [-0.39, 0.29) is 5.30 Å². The molecule has 0 saturated heterocycles. The van der Waals surface area contributed by atoms with Gasteiger partial charge in [-0.25, -0.2) is 0 Å². The molecule has 1 atom stereocenters. The van der Waals surface area contributed by atoms with Crippen molar-refractivity contribution >= 4 is 34.6 Å². The standard InChI is InChI=1S/C7H7Cl2OP/c8-6-11(9,10)7-4-2-1-3-5-7/h1-5H,6H2/i6D2. The van der Waals surface area contributed by atoms with Crippen molar-refractivity contribution in [1.82, 2.24) is 0 Å². The number of hydrogen-bond acceptors (Lipinski definition) is 1. The van der Waals surface area contributed by atoms with E-state index in [9.17, 15) is 4.57 Å². The Kier molecular flexibility index (Phi) is 2.15. The van der Waals surface area contributed by atoms with E-state index in [1.165, 1.54) is 12.1 Å².